The van der Waals surface area contributed by atoms with Crippen LogP contribution in [0.25, 0.3) is 0 Å². The summed E-state index contributed by atoms with van der Waals surface area (Å²) < 4.78 is 17.9. The predicted molar refractivity (Wildman–Crippen MR) is 63.4 cm³/mol. The maximum absolute atomic E-state index is 12.6. The van der Waals surface area contributed by atoms with Gasteiger partial charge in [0.2, 0.25) is 0 Å². The molecule has 1 heterocycles. The second-order valence-electron chi connectivity index (χ2n) is 4.82. The SMILES string of the molecule is Cc1ccc(C[C@@H]2C(CF)O[C@@H]2C)cc1C. The van der Waals surface area contributed by atoms with Gasteiger partial charge in [-0.3, -0.25) is 0 Å². The Labute approximate surface area is 96.6 Å². The number of halogens is 1. The molecule has 1 nitrogen and oxygen atoms in total. The molecule has 0 saturated carbocycles. The van der Waals surface area contributed by atoms with Gasteiger partial charge in [-0.25, -0.2) is 4.39 Å². The number of rotatable bonds is 3. The molecule has 0 spiro atoms. The van der Waals surface area contributed by atoms with Gasteiger partial charge in [-0.2, -0.15) is 0 Å². The third-order valence-electron chi connectivity index (χ3n) is 3.66. The first-order valence-corrected chi connectivity index (χ1v) is 5.89. The molecule has 88 valence electrons. The van der Waals surface area contributed by atoms with Gasteiger partial charge in [0.25, 0.3) is 0 Å². The molecule has 16 heavy (non-hydrogen) atoms. The Balaban J connectivity index is 2.06. The second kappa shape index (κ2) is 4.54. The molecule has 1 aromatic carbocycles. The average molecular weight is 222 g/mol. The van der Waals surface area contributed by atoms with Crippen LogP contribution in [-0.4, -0.2) is 18.9 Å². The fraction of sp³-hybridized carbons (Fsp3) is 0.571. The highest BCUT2D eigenvalue weighted by atomic mass is 19.1. The summed E-state index contributed by atoms with van der Waals surface area (Å²) >= 11 is 0. The molecule has 1 saturated heterocycles. The van der Waals surface area contributed by atoms with E-state index in [2.05, 4.69) is 32.0 Å². The zero-order valence-electron chi connectivity index (χ0n) is 10.2. The molecule has 3 atom stereocenters. The van der Waals surface area contributed by atoms with Crippen molar-refractivity contribution in [3.63, 3.8) is 0 Å². The van der Waals surface area contributed by atoms with Crippen molar-refractivity contribution in [3.8, 4) is 0 Å². The summed E-state index contributed by atoms with van der Waals surface area (Å²) in [6.07, 6.45) is 0.940. The molecule has 0 aromatic heterocycles. The lowest BCUT2D eigenvalue weighted by Gasteiger charge is -2.42. The van der Waals surface area contributed by atoms with Gasteiger partial charge in [0, 0.05) is 5.92 Å². The smallest absolute Gasteiger partial charge is 0.116 e. The van der Waals surface area contributed by atoms with Crippen LogP contribution in [0.3, 0.4) is 0 Å². The molecule has 0 amide bonds. The molecule has 2 rings (SSSR count). The summed E-state index contributed by atoms with van der Waals surface area (Å²) in [7, 11) is 0. The highest BCUT2D eigenvalue weighted by molar-refractivity contribution is 5.30. The summed E-state index contributed by atoms with van der Waals surface area (Å²) in [5.41, 5.74) is 3.91. The van der Waals surface area contributed by atoms with Crippen LogP contribution < -0.4 is 0 Å². The Hall–Kier alpha value is -0.890. The van der Waals surface area contributed by atoms with Crippen LogP contribution in [-0.2, 0) is 11.2 Å². The van der Waals surface area contributed by atoms with Crippen molar-refractivity contribution in [2.24, 2.45) is 5.92 Å². The van der Waals surface area contributed by atoms with Crippen LogP contribution in [0.15, 0.2) is 18.2 Å². The largest absolute Gasteiger partial charge is 0.372 e. The number of alkyl halides is 1. The molecule has 1 unspecified atom stereocenters. The minimum absolute atomic E-state index is 0.184. The number of benzene rings is 1. The second-order valence-corrected chi connectivity index (χ2v) is 4.82. The Kier molecular flexibility index (Phi) is 3.29. The molecular weight excluding hydrogens is 203 g/mol. The molecule has 0 aliphatic carbocycles. The zero-order chi connectivity index (χ0) is 11.7. The van der Waals surface area contributed by atoms with Gasteiger partial charge in [-0.15, -0.1) is 0 Å². The molecule has 1 aliphatic heterocycles. The molecule has 1 aliphatic rings. The van der Waals surface area contributed by atoms with Crippen LogP contribution in [0, 0.1) is 19.8 Å². The van der Waals surface area contributed by atoms with Gasteiger partial charge < -0.3 is 4.74 Å². The van der Waals surface area contributed by atoms with Gasteiger partial charge in [0.15, 0.2) is 0 Å². The summed E-state index contributed by atoms with van der Waals surface area (Å²) in [5, 5.41) is 0. The lowest BCUT2D eigenvalue weighted by atomic mass is 9.84. The lowest BCUT2D eigenvalue weighted by Crippen LogP contribution is -2.49. The quantitative estimate of drug-likeness (QED) is 0.763. The van der Waals surface area contributed by atoms with Crippen molar-refractivity contribution >= 4 is 0 Å². The van der Waals surface area contributed by atoms with Gasteiger partial charge in [-0.1, -0.05) is 18.2 Å². The maximum atomic E-state index is 12.6. The summed E-state index contributed by atoms with van der Waals surface area (Å²) in [6, 6.07) is 6.48. The van der Waals surface area contributed by atoms with Crippen LogP contribution in [0.4, 0.5) is 4.39 Å². The first-order chi connectivity index (χ1) is 7.61. The topological polar surface area (TPSA) is 9.23 Å². The summed E-state index contributed by atoms with van der Waals surface area (Å²) in [5.74, 6) is 0.340. The molecule has 1 aromatic rings. The standard InChI is InChI=1S/C14H19FO/c1-9-4-5-12(6-10(9)2)7-13-11(3)16-14(13)8-15/h4-6,11,13-14H,7-8H2,1-3H3/t11-,13+,14?/m1/s1. The number of hydrogen-bond donors (Lipinski definition) is 0. The lowest BCUT2D eigenvalue weighted by molar-refractivity contribution is -0.180. The Bertz CT molecular complexity index is 375. The van der Waals surface area contributed by atoms with Gasteiger partial charge in [-0.05, 0) is 43.9 Å². The van der Waals surface area contributed by atoms with E-state index in [4.69, 9.17) is 4.74 Å². The van der Waals surface area contributed by atoms with Crippen molar-refractivity contribution < 1.29 is 9.13 Å². The average Bonchev–Trinajstić information content (AvgIpc) is 2.27. The minimum Gasteiger partial charge on any atom is -0.372 e. The summed E-state index contributed by atoms with van der Waals surface area (Å²) in [4.78, 5) is 0. The molecular formula is C14H19FO. The molecule has 0 radical (unpaired) electrons. The number of hydrogen-bond acceptors (Lipinski definition) is 1. The molecule has 0 bridgehead atoms. The molecule has 2 heteroatoms. The fourth-order valence-electron chi connectivity index (χ4n) is 2.34. The van der Waals surface area contributed by atoms with Crippen molar-refractivity contribution in [1.29, 1.82) is 0 Å². The van der Waals surface area contributed by atoms with Crippen LogP contribution >= 0.6 is 0 Å². The molecule has 1 fully saturated rings. The van der Waals surface area contributed by atoms with Crippen molar-refractivity contribution in [2.75, 3.05) is 6.67 Å². The van der Waals surface area contributed by atoms with Crippen molar-refractivity contribution in [3.05, 3.63) is 34.9 Å². The highest BCUT2D eigenvalue weighted by Gasteiger charge is 2.39. The normalized spacial score (nSPS) is 28.9. The Morgan fingerprint density at radius 2 is 2.00 bits per heavy atom. The third kappa shape index (κ3) is 2.12. The van der Waals surface area contributed by atoms with E-state index in [-0.39, 0.29) is 18.9 Å². The minimum atomic E-state index is -0.361. The van der Waals surface area contributed by atoms with Crippen LogP contribution in [0.2, 0.25) is 0 Å². The van der Waals surface area contributed by atoms with Crippen molar-refractivity contribution in [2.45, 2.75) is 39.4 Å². The number of aryl methyl sites for hydroxylation is 2. The Morgan fingerprint density at radius 1 is 1.25 bits per heavy atom. The van der Waals surface area contributed by atoms with Crippen LogP contribution in [0.5, 0.6) is 0 Å². The van der Waals surface area contributed by atoms with E-state index in [0.717, 1.165) is 6.42 Å². The van der Waals surface area contributed by atoms with E-state index < -0.39 is 0 Å². The maximum Gasteiger partial charge on any atom is 0.116 e. The van der Waals surface area contributed by atoms with Gasteiger partial charge >= 0.3 is 0 Å². The third-order valence-corrected chi connectivity index (χ3v) is 3.66. The van der Waals surface area contributed by atoms with Crippen molar-refractivity contribution in [1.82, 2.24) is 0 Å². The van der Waals surface area contributed by atoms with E-state index in [0.29, 0.717) is 5.92 Å². The van der Waals surface area contributed by atoms with Gasteiger partial charge in [0.1, 0.15) is 6.67 Å². The first-order valence-electron chi connectivity index (χ1n) is 5.89. The Morgan fingerprint density at radius 3 is 2.56 bits per heavy atom. The van der Waals surface area contributed by atoms with E-state index in [9.17, 15) is 4.39 Å². The van der Waals surface area contributed by atoms with Crippen LogP contribution in [0.1, 0.15) is 23.6 Å². The predicted octanol–water partition coefficient (Wildman–Crippen LogP) is 3.22. The van der Waals surface area contributed by atoms with E-state index in [1.165, 1.54) is 16.7 Å². The highest BCUT2D eigenvalue weighted by Crippen LogP contribution is 2.32. The zero-order valence-corrected chi connectivity index (χ0v) is 10.2. The summed E-state index contributed by atoms with van der Waals surface area (Å²) in [6.45, 7) is 5.89. The fourth-order valence-corrected chi connectivity index (χ4v) is 2.34. The molecule has 0 N–H and O–H groups in total. The van der Waals surface area contributed by atoms with E-state index in [1.54, 1.807) is 0 Å². The van der Waals surface area contributed by atoms with E-state index in [1.807, 2.05) is 6.92 Å². The van der Waals surface area contributed by atoms with Gasteiger partial charge in [0.05, 0.1) is 12.2 Å². The number of ether oxygens (including phenoxy) is 1. The monoisotopic (exact) mass is 222 g/mol. The first kappa shape index (κ1) is 11.6. The van der Waals surface area contributed by atoms with E-state index >= 15 is 0 Å².